The van der Waals surface area contributed by atoms with Crippen LogP contribution in [0.3, 0.4) is 0 Å². The lowest BCUT2D eigenvalue weighted by Gasteiger charge is -1.92. The Balaban J connectivity index is 3.08. The van der Waals surface area contributed by atoms with Gasteiger partial charge in [0.1, 0.15) is 0 Å². The molecule has 0 aliphatic heterocycles. The van der Waals surface area contributed by atoms with Crippen molar-refractivity contribution in [3.05, 3.63) is 22.3 Å². The number of hydrogen-bond acceptors (Lipinski definition) is 3. The average Bonchev–Trinajstić information content (AvgIpc) is 2.02. The molecule has 0 bridgehead atoms. The molecule has 0 rings (SSSR count). The van der Waals surface area contributed by atoms with Crippen molar-refractivity contribution in [3.8, 4) is 0 Å². The van der Waals surface area contributed by atoms with Crippen LogP contribution in [-0.2, 0) is 4.84 Å². The Morgan fingerprint density at radius 3 is 2.67 bits per heavy atom. The molecule has 0 radical (unpaired) electrons. The van der Waals surface area contributed by atoms with Crippen molar-refractivity contribution in [2.45, 2.75) is 32.6 Å². The number of hydrogen-bond donors (Lipinski definition) is 0. The molecule has 0 aromatic rings. The highest BCUT2D eigenvalue weighted by Gasteiger charge is 1.89. The normalized spacial score (nSPS) is 10.4. The van der Waals surface area contributed by atoms with Crippen LogP contribution in [0.5, 0.6) is 0 Å². The minimum absolute atomic E-state index is 0.162. The SMILES string of the molecule is CCCCC=CCCO[N+](=O)[O-]. The number of allylic oxidation sites excluding steroid dienone is 1. The van der Waals surface area contributed by atoms with E-state index >= 15 is 0 Å². The lowest BCUT2D eigenvalue weighted by molar-refractivity contribution is -0.757. The van der Waals surface area contributed by atoms with Crippen LogP contribution in [0.25, 0.3) is 0 Å². The Bertz CT molecular complexity index is 145. The summed E-state index contributed by atoms with van der Waals surface area (Å²) < 4.78 is 0. The summed E-state index contributed by atoms with van der Waals surface area (Å²) in [4.78, 5) is 13.8. The summed E-state index contributed by atoms with van der Waals surface area (Å²) in [6, 6.07) is 0. The van der Waals surface area contributed by atoms with Gasteiger partial charge >= 0.3 is 0 Å². The molecule has 0 saturated carbocycles. The molecule has 0 heterocycles. The summed E-state index contributed by atoms with van der Waals surface area (Å²) in [5.74, 6) is 0. The summed E-state index contributed by atoms with van der Waals surface area (Å²) in [6.45, 7) is 2.29. The van der Waals surface area contributed by atoms with E-state index in [2.05, 4.69) is 11.8 Å². The maximum Gasteiger partial charge on any atom is 0.294 e. The number of nitrogens with zero attached hydrogens (tertiary/aromatic N) is 1. The molecule has 0 fully saturated rings. The Kier molecular flexibility index (Phi) is 7.33. The van der Waals surface area contributed by atoms with Gasteiger partial charge in [-0.2, -0.15) is 0 Å². The molecule has 0 aromatic heterocycles. The van der Waals surface area contributed by atoms with E-state index in [1.807, 2.05) is 12.2 Å². The quantitative estimate of drug-likeness (QED) is 0.257. The first-order chi connectivity index (χ1) is 5.77. The highest BCUT2D eigenvalue weighted by Crippen LogP contribution is 1.96. The second kappa shape index (κ2) is 8.04. The van der Waals surface area contributed by atoms with Gasteiger partial charge < -0.3 is 4.84 Å². The van der Waals surface area contributed by atoms with E-state index < -0.39 is 5.09 Å². The van der Waals surface area contributed by atoms with E-state index in [1.165, 1.54) is 12.8 Å². The van der Waals surface area contributed by atoms with Gasteiger partial charge in [-0.1, -0.05) is 31.9 Å². The fraction of sp³-hybridized carbons (Fsp3) is 0.750. The summed E-state index contributed by atoms with van der Waals surface area (Å²) in [7, 11) is 0. The van der Waals surface area contributed by atoms with Gasteiger partial charge in [-0.15, -0.1) is 10.1 Å². The summed E-state index contributed by atoms with van der Waals surface area (Å²) >= 11 is 0. The zero-order valence-corrected chi connectivity index (χ0v) is 7.36. The maximum atomic E-state index is 9.69. The molecular weight excluding hydrogens is 158 g/mol. The van der Waals surface area contributed by atoms with E-state index in [0.29, 0.717) is 6.42 Å². The van der Waals surface area contributed by atoms with Gasteiger partial charge in [-0.25, -0.2) is 0 Å². The van der Waals surface area contributed by atoms with Crippen molar-refractivity contribution in [2.75, 3.05) is 6.61 Å². The Labute approximate surface area is 72.3 Å². The van der Waals surface area contributed by atoms with E-state index in [4.69, 9.17) is 0 Å². The predicted molar refractivity (Wildman–Crippen MR) is 46.2 cm³/mol. The van der Waals surface area contributed by atoms with Crippen LogP contribution in [-0.4, -0.2) is 11.7 Å². The first kappa shape index (κ1) is 10.9. The topological polar surface area (TPSA) is 52.4 Å². The van der Waals surface area contributed by atoms with Gasteiger partial charge in [0.05, 0.1) is 6.61 Å². The summed E-state index contributed by atoms with van der Waals surface area (Å²) in [5, 5.41) is 8.93. The summed E-state index contributed by atoms with van der Waals surface area (Å²) in [6.07, 6.45) is 7.97. The van der Waals surface area contributed by atoms with Crippen molar-refractivity contribution in [2.24, 2.45) is 0 Å². The van der Waals surface area contributed by atoms with Crippen LogP contribution in [0.1, 0.15) is 32.6 Å². The Morgan fingerprint density at radius 1 is 1.42 bits per heavy atom. The van der Waals surface area contributed by atoms with Gasteiger partial charge in [0, 0.05) is 0 Å². The zero-order chi connectivity index (χ0) is 9.23. The second-order valence-electron chi connectivity index (χ2n) is 2.46. The van der Waals surface area contributed by atoms with Gasteiger partial charge in [0.25, 0.3) is 5.09 Å². The minimum Gasteiger partial charge on any atom is -0.314 e. The molecule has 0 aliphatic rings. The van der Waals surface area contributed by atoms with Gasteiger partial charge in [0.2, 0.25) is 0 Å². The van der Waals surface area contributed by atoms with Crippen LogP contribution in [0.2, 0.25) is 0 Å². The fourth-order valence-electron chi connectivity index (χ4n) is 0.753. The molecule has 0 spiro atoms. The van der Waals surface area contributed by atoms with Gasteiger partial charge in [-0.05, 0) is 12.8 Å². The van der Waals surface area contributed by atoms with Crippen molar-refractivity contribution in [3.63, 3.8) is 0 Å². The van der Waals surface area contributed by atoms with Crippen LogP contribution < -0.4 is 0 Å². The van der Waals surface area contributed by atoms with E-state index in [-0.39, 0.29) is 6.61 Å². The second-order valence-corrected chi connectivity index (χ2v) is 2.46. The Morgan fingerprint density at radius 2 is 2.08 bits per heavy atom. The standard InChI is InChI=1S/C8H15NO3/c1-2-3-4-5-6-7-8-12-9(10)11/h5-6H,2-4,7-8H2,1H3. The minimum atomic E-state index is -0.764. The monoisotopic (exact) mass is 173 g/mol. The van der Waals surface area contributed by atoms with Crippen molar-refractivity contribution in [1.29, 1.82) is 0 Å². The molecule has 70 valence electrons. The van der Waals surface area contributed by atoms with Crippen molar-refractivity contribution >= 4 is 0 Å². The number of rotatable bonds is 7. The lowest BCUT2D eigenvalue weighted by atomic mass is 10.2. The molecule has 0 unspecified atom stereocenters. The molecular formula is C8H15NO3. The zero-order valence-electron chi connectivity index (χ0n) is 7.36. The first-order valence-corrected chi connectivity index (χ1v) is 4.19. The molecule has 12 heavy (non-hydrogen) atoms. The maximum absolute atomic E-state index is 9.69. The molecule has 4 heteroatoms. The third-order valence-electron chi connectivity index (χ3n) is 1.37. The molecule has 0 N–H and O–H groups in total. The molecule has 0 saturated heterocycles. The molecule has 0 amide bonds. The van der Waals surface area contributed by atoms with Crippen molar-refractivity contribution in [1.82, 2.24) is 0 Å². The van der Waals surface area contributed by atoms with Gasteiger partial charge in [-0.3, -0.25) is 0 Å². The van der Waals surface area contributed by atoms with Crippen LogP contribution in [0.15, 0.2) is 12.2 Å². The predicted octanol–water partition coefficient (Wildman–Crippen LogP) is 2.33. The number of unbranched alkanes of at least 4 members (excludes halogenated alkanes) is 2. The van der Waals surface area contributed by atoms with Gasteiger partial charge in [0.15, 0.2) is 0 Å². The molecule has 0 atom stereocenters. The largest absolute Gasteiger partial charge is 0.314 e. The average molecular weight is 173 g/mol. The third kappa shape index (κ3) is 8.94. The fourth-order valence-corrected chi connectivity index (χ4v) is 0.753. The highest BCUT2D eigenvalue weighted by atomic mass is 16.9. The first-order valence-electron chi connectivity index (χ1n) is 4.19. The summed E-state index contributed by atoms with van der Waals surface area (Å²) in [5.41, 5.74) is 0. The smallest absolute Gasteiger partial charge is 0.294 e. The Hall–Kier alpha value is -1.06. The van der Waals surface area contributed by atoms with E-state index in [0.717, 1.165) is 6.42 Å². The van der Waals surface area contributed by atoms with E-state index in [1.54, 1.807) is 0 Å². The molecule has 0 aliphatic carbocycles. The van der Waals surface area contributed by atoms with Crippen LogP contribution in [0, 0.1) is 10.1 Å². The lowest BCUT2D eigenvalue weighted by Crippen LogP contribution is -2.00. The highest BCUT2D eigenvalue weighted by molar-refractivity contribution is 4.80. The van der Waals surface area contributed by atoms with Crippen molar-refractivity contribution < 1.29 is 9.92 Å². The van der Waals surface area contributed by atoms with E-state index in [9.17, 15) is 10.1 Å². The molecule has 0 aromatic carbocycles. The van der Waals surface area contributed by atoms with Crippen LogP contribution >= 0.6 is 0 Å². The third-order valence-corrected chi connectivity index (χ3v) is 1.37. The van der Waals surface area contributed by atoms with Crippen LogP contribution in [0.4, 0.5) is 0 Å². The molecule has 4 nitrogen and oxygen atoms in total.